The largest absolute Gasteiger partial charge is 0.270 e. The highest BCUT2D eigenvalue weighted by Gasteiger charge is 2.09. The number of nitro groups is 1. The van der Waals surface area contributed by atoms with E-state index in [0.717, 1.165) is 27.5 Å². The average Bonchev–Trinajstić information content (AvgIpc) is 3.01. The van der Waals surface area contributed by atoms with Crippen molar-refractivity contribution in [1.82, 2.24) is 4.98 Å². The fraction of sp³-hybridized carbons (Fsp3) is 0.0588. The molecule has 3 rings (SSSR count). The zero-order chi connectivity index (χ0) is 16.9. The number of non-ortho nitro benzene ring substituents is 1. The number of nitrogens with one attached hydrogen (secondary N) is 1. The first-order valence-corrected chi connectivity index (χ1v) is 8.06. The van der Waals surface area contributed by atoms with Gasteiger partial charge in [-0.15, -0.1) is 11.3 Å². The number of aryl methyl sites for hydroxylation is 1. The zero-order valence-corrected chi connectivity index (χ0v) is 13.7. The predicted molar refractivity (Wildman–Crippen MR) is 96.6 cm³/mol. The van der Waals surface area contributed by atoms with Crippen LogP contribution in [0.15, 0.2) is 59.0 Å². The minimum atomic E-state index is -0.396. The lowest BCUT2D eigenvalue weighted by molar-refractivity contribution is -0.384. The Kier molecular flexibility index (Phi) is 4.62. The third kappa shape index (κ3) is 3.64. The van der Waals surface area contributed by atoms with Gasteiger partial charge in [0.1, 0.15) is 0 Å². The Morgan fingerprint density at radius 3 is 2.83 bits per heavy atom. The molecule has 0 spiro atoms. The van der Waals surface area contributed by atoms with Gasteiger partial charge in [-0.05, 0) is 18.1 Å². The minimum absolute atomic E-state index is 0.0654. The number of anilines is 1. The molecule has 7 heteroatoms. The van der Waals surface area contributed by atoms with E-state index >= 15 is 0 Å². The third-order valence-corrected chi connectivity index (χ3v) is 4.18. The molecular weight excluding hydrogens is 324 g/mol. The Balaban J connectivity index is 1.87. The van der Waals surface area contributed by atoms with Crippen LogP contribution >= 0.6 is 11.3 Å². The van der Waals surface area contributed by atoms with Gasteiger partial charge >= 0.3 is 0 Å². The Morgan fingerprint density at radius 2 is 2.08 bits per heavy atom. The van der Waals surface area contributed by atoms with Crippen molar-refractivity contribution in [3.05, 3.63) is 75.3 Å². The lowest BCUT2D eigenvalue weighted by atomic mass is 10.00. The highest BCUT2D eigenvalue weighted by molar-refractivity contribution is 7.13. The maximum Gasteiger partial charge on any atom is 0.270 e. The highest BCUT2D eigenvalue weighted by Crippen LogP contribution is 2.26. The summed E-state index contributed by atoms with van der Waals surface area (Å²) in [4.78, 5) is 14.8. The topological polar surface area (TPSA) is 80.4 Å². The molecule has 1 N–H and O–H groups in total. The van der Waals surface area contributed by atoms with Crippen LogP contribution in [0.5, 0.6) is 0 Å². The van der Waals surface area contributed by atoms with Gasteiger partial charge in [0.25, 0.3) is 5.69 Å². The predicted octanol–water partition coefficient (Wildman–Crippen LogP) is 4.47. The van der Waals surface area contributed by atoms with Crippen LogP contribution in [0.25, 0.3) is 11.1 Å². The maximum absolute atomic E-state index is 11.0. The molecule has 1 aromatic heterocycles. The number of nitrogens with zero attached hydrogens (tertiary/aromatic N) is 3. The normalized spacial score (nSPS) is 10.9. The molecule has 0 radical (unpaired) electrons. The summed E-state index contributed by atoms with van der Waals surface area (Å²) in [5, 5.41) is 17.8. The van der Waals surface area contributed by atoms with Gasteiger partial charge in [-0.2, -0.15) is 5.10 Å². The van der Waals surface area contributed by atoms with Crippen molar-refractivity contribution in [2.24, 2.45) is 5.10 Å². The SMILES string of the molecule is Cc1csc(NN=Cc2ccccc2-c2cccc([N+](=O)[O-])c2)n1. The standard InChI is InChI=1S/C17H14N4O2S/c1-12-11-24-17(19-12)20-18-10-14-5-2-3-8-16(14)13-6-4-7-15(9-13)21(22)23/h2-11H,1H3,(H,19,20). The van der Waals surface area contributed by atoms with Crippen LogP contribution in [0.1, 0.15) is 11.3 Å². The number of benzene rings is 2. The van der Waals surface area contributed by atoms with Crippen molar-refractivity contribution in [2.45, 2.75) is 6.92 Å². The Morgan fingerprint density at radius 1 is 1.25 bits per heavy atom. The lowest BCUT2D eigenvalue weighted by Crippen LogP contribution is -1.93. The van der Waals surface area contributed by atoms with E-state index < -0.39 is 4.92 Å². The van der Waals surface area contributed by atoms with Gasteiger partial charge in [-0.1, -0.05) is 36.4 Å². The van der Waals surface area contributed by atoms with Crippen LogP contribution in [0.3, 0.4) is 0 Å². The second-order valence-electron chi connectivity index (χ2n) is 5.06. The fourth-order valence-corrected chi connectivity index (χ4v) is 2.86. The monoisotopic (exact) mass is 338 g/mol. The molecular formula is C17H14N4O2S. The average molecular weight is 338 g/mol. The summed E-state index contributed by atoms with van der Waals surface area (Å²) >= 11 is 1.48. The number of thiazole rings is 1. The first kappa shape index (κ1) is 15.8. The smallest absolute Gasteiger partial charge is 0.258 e. The summed E-state index contributed by atoms with van der Waals surface area (Å²) in [5.74, 6) is 0. The van der Waals surface area contributed by atoms with E-state index in [1.54, 1.807) is 18.3 Å². The first-order chi connectivity index (χ1) is 11.6. The van der Waals surface area contributed by atoms with Crippen molar-refractivity contribution in [2.75, 3.05) is 5.43 Å². The Labute approximate surface area is 142 Å². The van der Waals surface area contributed by atoms with Gasteiger partial charge in [-0.3, -0.25) is 15.5 Å². The molecule has 1 heterocycles. The van der Waals surface area contributed by atoms with E-state index in [9.17, 15) is 10.1 Å². The molecule has 0 saturated heterocycles. The van der Waals surface area contributed by atoms with Crippen LogP contribution in [-0.2, 0) is 0 Å². The van der Waals surface area contributed by atoms with E-state index in [4.69, 9.17) is 0 Å². The molecule has 0 aliphatic carbocycles. The number of hydrogen-bond donors (Lipinski definition) is 1. The molecule has 24 heavy (non-hydrogen) atoms. The number of nitro benzene ring substituents is 1. The summed E-state index contributed by atoms with van der Waals surface area (Å²) in [7, 11) is 0. The molecule has 3 aromatic rings. The number of aromatic nitrogens is 1. The Bertz CT molecular complexity index is 905. The molecule has 0 fully saturated rings. The summed E-state index contributed by atoms with van der Waals surface area (Å²) in [6, 6.07) is 14.2. The van der Waals surface area contributed by atoms with Crippen molar-refractivity contribution in [3.63, 3.8) is 0 Å². The summed E-state index contributed by atoms with van der Waals surface area (Å²) < 4.78 is 0. The van der Waals surface area contributed by atoms with Gasteiger partial charge in [0.15, 0.2) is 0 Å². The fourth-order valence-electron chi connectivity index (χ4n) is 2.22. The van der Waals surface area contributed by atoms with Gasteiger partial charge in [0, 0.05) is 23.1 Å². The third-order valence-electron chi connectivity index (χ3n) is 3.31. The van der Waals surface area contributed by atoms with Crippen LogP contribution in [0.4, 0.5) is 10.8 Å². The van der Waals surface area contributed by atoms with Gasteiger partial charge in [0.2, 0.25) is 5.13 Å². The molecule has 0 aliphatic heterocycles. The first-order valence-electron chi connectivity index (χ1n) is 7.18. The molecule has 120 valence electrons. The van der Waals surface area contributed by atoms with E-state index in [1.807, 2.05) is 42.6 Å². The summed E-state index contributed by atoms with van der Waals surface area (Å²) in [6.07, 6.45) is 1.69. The molecule has 6 nitrogen and oxygen atoms in total. The molecule has 0 saturated carbocycles. The van der Waals surface area contributed by atoms with E-state index in [1.165, 1.54) is 17.4 Å². The zero-order valence-electron chi connectivity index (χ0n) is 12.8. The summed E-state index contributed by atoms with van der Waals surface area (Å²) in [6.45, 7) is 1.92. The van der Waals surface area contributed by atoms with Crippen LogP contribution in [0.2, 0.25) is 0 Å². The minimum Gasteiger partial charge on any atom is -0.258 e. The second kappa shape index (κ2) is 7.01. The van der Waals surface area contributed by atoms with E-state index in [2.05, 4.69) is 15.5 Å². The molecule has 0 unspecified atom stereocenters. The van der Waals surface area contributed by atoms with Crippen LogP contribution in [-0.4, -0.2) is 16.1 Å². The molecule has 0 atom stereocenters. The van der Waals surface area contributed by atoms with E-state index in [-0.39, 0.29) is 5.69 Å². The van der Waals surface area contributed by atoms with Crippen molar-refractivity contribution in [1.29, 1.82) is 0 Å². The Hall–Kier alpha value is -3.06. The van der Waals surface area contributed by atoms with Gasteiger partial charge < -0.3 is 0 Å². The summed E-state index contributed by atoms with van der Waals surface area (Å²) in [5.41, 5.74) is 6.41. The number of hydrazone groups is 1. The van der Waals surface area contributed by atoms with Gasteiger partial charge in [0.05, 0.1) is 16.8 Å². The molecule has 0 bridgehead atoms. The van der Waals surface area contributed by atoms with Gasteiger partial charge in [-0.25, -0.2) is 4.98 Å². The quantitative estimate of drug-likeness (QED) is 0.423. The molecule has 0 amide bonds. The van der Waals surface area contributed by atoms with Crippen molar-refractivity contribution in [3.8, 4) is 11.1 Å². The number of hydrogen-bond acceptors (Lipinski definition) is 6. The second-order valence-corrected chi connectivity index (χ2v) is 5.92. The molecule has 2 aromatic carbocycles. The van der Waals surface area contributed by atoms with Crippen LogP contribution < -0.4 is 5.43 Å². The highest BCUT2D eigenvalue weighted by atomic mass is 32.1. The van der Waals surface area contributed by atoms with Crippen molar-refractivity contribution < 1.29 is 4.92 Å². The lowest BCUT2D eigenvalue weighted by Gasteiger charge is -2.05. The van der Waals surface area contributed by atoms with Crippen molar-refractivity contribution >= 4 is 28.4 Å². The van der Waals surface area contributed by atoms with E-state index in [0.29, 0.717) is 0 Å². The number of rotatable bonds is 5. The van der Waals surface area contributed by atoms with Crippen LogP contribution in [0, 0.1) is 17.0 Å². The maximum atomic E-state index is 11.0. The molecule has 0 aliphatic rings.